The second-order valence-electron chi connectivity index (χ2n) is 6.73. The monoisotopic (exact) mass is 228 g/mol. The molecule has 0 radical (unpaired) electrons. The normalized spacial score (nSPS) is 39.8. The molecule has 0 nitrogen and oxygen atoms in total. The molecule has 0 bridgehead atoms. The van der Waals surface area contributed by atoms with Gasteiger partial charge in [0.2, 0.25) is 0 Å². The summed E-state index contributed by atoms with van der Waals surface area (Å²) in [5, 5.41) is 0. The van der Waals surface area contributed by atoms with Crippen LogP contribution in [0.5, 0.6) is 0 Å². The molecular formula is C16H36. The topological polar surface area (TPSA) is 0 Å². The van der Waals surface area contributed by atoms with Crippen LogP contribution in [0.3, 0.4) is 0 Å². The highest BCUT2D eigenvalue weighted by Gasteiger charge is 2.13. The van der Waals surface area contributed by atoms with Gasteiger partial charge >= 0.3 is 0 Å². The van der Waals surface area contributed by atoms with Gasteiger partial charge in [-0.05, 0) is 23.7 Å². The van der Waals surface area contributed by atoms with Gasteiger partial charge in [0, 0.05) is 2.85 Å². The van der Waals surface area contributed by atoms with Crippen LogP contribution < -0.4 is 0 Å². The molecular weight excluding hydrogens is 192 g/mol. The van der Waals surface area contributed by atoms with Crippen molar-refractivity contribution in [3.63, 3.8) is 0 Å². The van der Waals surface area contributed by atoms with Gasteiger partial charge in [-0.25, -0.2) is 0 Å². The van der Waals surface area contributed by atoms with Crippen molar-refractivity contribution in [1.82, 2.24) is 0 Å². The minimum absolute atomic E-state index is 0. The lowest BCUT2D eigenvalue weighted by atomic mass is 9.84. The fourth-order valence-corrected chi connectivity index (χ4v) is 2.85. The van der Waals surface area contributed by atoms with Gasteiger partial charge in [-0.3, -0.25) is 0 Å². The molecule has 2 fully saturated rings. The Kier molecular flexibility index (Phi) is 6.46. The van der Waals surface area contributed by atoms with Crippen LogP contribution in [0.15, 0.2) is 0 Å². The van der Waals surface area contributed by atoms with Crippen LogP contribution >= 0.6 is 0 Å². The molecule has 0 aromatic carbocycles. The maximum Gasteiger partial charge on any atom is 0 e. The zero-order chi connectivity index (χ0) is 12.0. The standard InChI is InChI=1S/2C8H16.2H2/c2*1-7-3-5-8(2)6-4-7;;/h2*7-8H,3-6H2,1-2H3;2*1H. The van der Waals surface area contributed by atoms with E-state index in [4.69, 9.17) is 0 Å². The average molecular weight is 228 g/mol. The second kappa shape index (κ2) is 7.35. The van der Waals surface area contributed by atoms with E-state index >= 15 is 0 Å². The number of hydrogen-bond donors (Lipinski definition) is 0. The minimum Gasteiger partial charge on any atom is -0.0625 e. The zero-order valence-corrected chi connectivity index (χ0v) is 12.0. The molecule has 100 valence electrons. The van der Waals surface area contributed by atoms with Crippen LogP contribution in [0.25, 0.3) is 0 Å². The predicted molar refractivity (Wildman–Crippen MR) is 77.8 cm³/mol. The predicted octanol–water partition coefficient (Wildman–Crippen LogP) is 6.16. The molecule has 2 aliphatic carbocycles. The van der Waals surface area contributed by atoms with Crippen molar-refractivity contribution < 1.29 is 2.85 Å². The fraction of sp³-hybridized carbons (Fsp3) is 1.00. The number of rotatable bonds is 0. The Hall–Kier alpha value is 0. The van der Waals surface area contributed by atoms with E-state index in [9.17, 15) is 0 Å². The summed E-state index contributed by atoms with van der Waals surface area (Å²) in [6.45, 7) is 9.47. The first-order valence-electron chi connectivity index (χ1n) is 7.58. The Morgan fingerprint density at radius 3 is 0.688 bits per heavy atom. The van der Waals surface area contributed by atoms with Crippen LogP contribution in [-0.4, -0.2) is 0 Å². The summed E-state index contributed by atoms with van der Waals surface area (Å²) in [6, 6.07) is 0. The van der Waals surface area contributed by atoms with Crippen molar-refractivity contribution in [3.8, 4) is 0 Å². The lowest BCUT2D eigenvalue weighted by molar-refractivity contribution is 0.308. The summed E-state index contributed by atoms with van der Waals surface area (Å²) in [6.07, 6.45) is 11.8. The van der Waals surface area contributed by atoms with Crippen molar-refractivity contribution in [1.29, 1.82) is 0 Å². The highest BCUT2D eigenvalue weighted by molar-refractivity contribution is 4.66. The van der Waals surface area contributed by atoms with Gasteiger partial charge < -0.3 is 0 Å². The first kappa shape index (κ1) is 14.1. The van der Waals surface area contributed by atoms with Crippen LogP contribution in [0.4, 0.5) is 0 Å². The summed E-state index contributed by atoms with van der Waals surface area (Å²) in [7, 11) is 0. The third-order valence-corrected chi connectivity index (χ3v) is 4.61. The summed E-state index contributed by atoms with van der Waals surface area (Å²) < 4.78 is 0. The first-order valence-corrected chi connectivity index (χ1v) is 7.58. The molecule has 2 rings (SSSR count). The Morgan fingerprint density at radius 2 is 0.562 bits per heavy atom. The Labute approximate surface area is 106 Å². The first-order chi connectivity index (χ1) is 7.58. The van der Waals surface area contributed by atoms with E-state index in [-0.39, 0.29) is 2.85 Å². The molecule has 0 amide bonds. The minimum atomic E-state index is 0. The molecule has 0 atom stereocenters. The van der Waals surface area contributed by atoms with Crippen molar-refractivity contribution >= 4 is 0 Å². The zero-order valence-electron chi connectivity index (χ0n) is 12.0. The molecule has 0 heterocycles. The molecule has 0 spiro atoms. The van der Waals surface area contributed by atoms with Gasteiger partial charge in [-0.15, -0.1) is 0 Å². The molecule has 0 unspecified atom stereocenters. The summed E-state index contributed by atoms with van der Waals surface area (Å²) in [5.74, 6) is 4.08. The van der Waals surface area contributed by atoms with Gasteiger partial charge in [-0.1, -0.05) is 79.1 Å². The van der Waals surface area contributed by atoms with Crippen molar-refractivity contribution in [2.45, 2.75) is 79.1 Å². The highest BCUT2D eigenvalue weighted by Crippen LogP contribution is 2.27. The van der Waals surface area contributed by atoms with Crippen LogP contribution in [0.1, 0.15) is 81.9 Å². The maximum absolute atomic E-state index is 2.37. The Balaban J connectivity index is 0. The second-order valence-corrected chi connectivity index (χ2v) is 6.73. The average Bonchev–Trinajstić information content (AvgIpc) is 2.28. The van der Waals surface area contributed by atoms with Crippen molar-refractivity contribution in [3.05, 3.63) is 0 Å². The van der Waals surface area contributed by atoms with E-state index in [1.807, 2.05) is 0 Å². The van der Waals surface area contributed by atoms with Gasteiger partial charge in [0.15, 0.2) is 0 Å². The van der Waals surface area contributed by atoms with Crippen molar-refractivity contribution in [2.24, 2.45) is 23.7 Å². The van der Waals surface area contributed by atoms with Gasteiger partial charge in [0.1, 0.15) is 0 Å². The van der Waals surface area contributed by atoms with Crippen LogP contribution in [0, 0.1) is 23.7 Å². The smallest absolute Gasteiger partial charge is 0 e. The lowest BCUT2D eigenvalue weighted by Crippen LogP contribution is -2.08. The quantitative estimate of drug-likeness (QED) is 0.466. The Bertz CT molecular complexity index is 126. The molecule has 2 aliphatic rings. The molecule has 0 heteroatoms. The molecule has 0 aliphatic heterocycles. The van der Waals surface area contributed by atoms with E-state index < -0.39 is 0 Å². The van der Waals surface area contributed by atoms with E-state index in [1.54, 1.807) is 0 Å². The van der Waals surface area contributed by atoms with Crippen LogP contribution in [0.2, 0.25) is 0 Å². The van der Waals surface area contributed by atoms with Crippen LogP contribution in [-0.2, 0) is 0 Å². The summed E-state index contributed by atoms with van der Waals surface area (Å²) in [5.41, 5.74) is 0. The SMILES string of the molecule is CC1CCC(C)CC1.CC1CCC(C)CC1.[HH].[HH]. The molecule has 0 aromatic rings. The van der Waals surface area contributed by atoms with E-state index in [2.05, 4.69) is 27.7 Å². The third-order valence-electron chi connectivity index (χ3n) is 4.61. The molecule has 0 aromatic heterocycles. The van der Waals surface area contributed by atoms with Crippen molar-refractivity contribution in [2.75, 3.05) is 0 Å². The molecule has 16 heavy (non-hydrogen) atoms. The highest BCUT2D eigenvalue weighted by atomic mass is 14.2. The maximum atomic E-state index is 2.37. The lowest BCUT2D eigenvalue weighted by Gasteiger charge is -2.22. The van der Waals surface area contributed by atoms with Gasteiger partial charge in [0.25, 0.3) is 0 Å². The summed E-state index contributed by atoms with van der Waals surface area (Å²) in [4.78, 5) is 0. The molecule has 2 saturated carbocycles. The summed E-state index contributed by atoms with van der Waals surface area (Å²) >= 11 is 0. The van der Waals surface area contributed by atoms with E-state index in [1.165, 1.54) is 51.4 Å². The molecule has 0 saturated heterocycles. The van der Waals surface area contributed by atoms with Gasteiger partial charge in [-0.2, -0.15) is 0 Å². The third kappa shape index (κ3) is 5.92. The largest absolute Gasteiger partial charge is 0.0625 e. The van der Waals surface area contributed by atoms with Gasteiger partial charge in [0.05, 0.1) is 0 Å². The molecule has 0 N–H and O–H groups in total. The van der Waals surface area contributed by atoms with E-state index in [0.717, 1.165) is 23.7 Å². The Morgan fingerprint density at radius 1 is 0.438 bits per heavy atom. The number of hydrogen-bond acceptors (Lipinski definition) is 0. The fourth-order valence-electron chi connectivity index (χ4n) is 2.85. The van der Waals surface area contributed by atoms with E-state index in [0.29, 0.717) is 0 Å².